The van der Waals surface area contributed by atoms with Gasteiger partial charge in [0.1, 0.15) is 0 Å². The molecule has 41 heavy (non-hydrogen) atoms. The van der Waals surface area contributed by atoms with Gasteiger partial charge in [-0.05, 0) is 73.4 Å². The zero-order valence-corrected chi connectivity index (χ0v) is 22.7. The number of nitrogens with one attached hydrogen (secondary N) is 1. The lowest BCUT2D eigenvalue weighted by Crippen LogP contribution is -2.25. The highest BCUT2D eigenvalue weighted by Crippen LogP contribution is 2.43. The zero-order valence-electron chi connectivity index (χ0n) is 21.9. The predicted octanol–water partition coefficient (Wildman–Crippen LogP) is 5.34. The quantitative estimate of drug-likeness (QED) is 0.327. The molecule has 1 aromatic carbocycles. The molecule has 2 aliphatic rings. The summed E-state index contributed by atoms with van der Waals surface area (Å²) in [6, 6.07) is 10.9. The molecule has 1 saturated carbocycles. The number of nitrogens with zero attached hydrogens (tertiary/aromatic N) is 3. The number of amides is 1. The normalized spacial score (nSPS) is 18.2. The largest absolute Gasteiger partial charge is 0.373 e. The standard InChI is InChI=1S/C29H25F3N4O4S/c1-15-8-18(9-25-21(15)13-40-14-26(30)41(25,38)39)29(37)34-12-19-10-24-17(11-33-19)4-6-22(35-24)23-7-5-20(28(31)32)27(36-23)16-2-3-16/h4-11,16,26,28H,2-3,12-14H2,1H3,(H,34,37)/t26-/m1/s1. The second-order valence-electron chi connectivity index (χ2n) is 10.2. The van der Waals surface area contributed by atoms with Crippen molar-refractivity contribution in [2.75, 3.05) is 6.61 Å². The van der Waals surface area contributed by atoms with E-state index in [0.29, 0.717) is 39.4 Å². The monoisotopic (exact) mass is 582 g/mol. The molecular formula is C29H25F3N4O4S. The van der Waals surface area contributed by atoms with Crippen LogP contribution in [0.15, 0.2) is 53.6 Å². The van der Waals surface area contributed by atoms with Crippen LogP contribution in [0.5, 0.6) is 0 Å². The second kappa shape index (κ2) is 10.5. The first-order valence-electron chi connectivity index (χ1n) is 13.0. The van der Waals surface area contributed by atoms with Gasteiger partial charge in [0.25, 0.3) is 12.3 Å². The number of carbonyl (C=O) groups is 1. The van der Waals surface area contributed by atoms with E-state index in [0.717, 1.165) is 18.2 Å². The van der Waals surface area contributed by atoms with Gasteiger partial charge in [-0.15, -0.1) is 0 Å². The Morgan fingerprint density at radius 2 is 1.85 bits per heavy atom. The first-order valence-corrected chi connectivity index (χ1v) is 14.6. The highest BCUT2D eigenvalue weighted by atomic mass is 32.2. The maximum Gasteiger partial charge on any atom is 0.265 e. The summed E-state index contributed by atoms with van der Waals surface area (Å²) in [4.78, 5) is 26.3. The van der Waals surface area contributed by atoms with E-state index >= 15 is 0 Å². The van der Waals surface area contributed by atoms with E-state index in [4.69, 9.17) is 4.74 Å². The van der Waals surface area contributed by atoms with Crippen LogP contribution in [-0.2, 0) is 27.7 Å². The van der Waals surface area contributed by atoms with Crippen LogP contribution in [0.2, 0.25) is 0 Å². The SMILES string of the molecule is Cc1cc(C(=O)NCc2cc3nc(-c4ccc(C(F)F)c(C5CC5)n4)ccc3cn2)cc2c1COC[C@H](F)S2(=O)=O. The van der Waals surface area contributed by atoms with Gasteiger partial charge < -0.3 is 10.1 Å². The number of aryl methyl sites for hydroxylation is 1. The van der Waals surface area contributed by atoms with Crippen LogP contribution in [0.25, 0.3) is 22.3 Å². The molecule has 1 aliphatic carbocycles. The number of aromatic nitrogens is 3. The van der Waals surface area contributed by atoms with E-state index in [-0.39, 0.29) is 35.1 Å². The Morgan fingerprint density at radius 1 is 1.10 bits per heavy atom. The number of hydrogen-bond donors (Lipinski definition) is 1. The number of pyridine rings is 3. The van der Waals surface area contributed by atoms with Crippen molar-refractivity contribution in [1.82, 2.24) is 20.3 Å². The van der Waals surface area contributed by atoms with Crippen molar-refractivity contribution in [2.45, 2.75) is 55.7 Å². The van der Waals surface area contributed by atoms with Gasteiger partial charge in [0, 0.05) is 28.6 Å². The van der Waals surface area contributed by atoms with Crippen LogP contribution < -0.4 is 5.32 Å². The number of sulfone groups is 1. The van der Waals surface area contributed by atoms with E-state index in [9.17, 15) is 26.4 Å². The molecule has 212 valence electrons. The fourth-order valence-corrected chi connectivity index (χ4v) is 6.31. The summed E-state index contributed by atoms with van der Waals surface area (Å²) in [5.41, 5.74) is 1.18. The molecule has 4 heterocycles. The maximum absolute atomic E-state index is 14.2. The topological polar surface area (TPSA) is 111 Å². The molecule has 12 heteroatoms. The van der Waals surface area contributed by atoms with Crippen LogP contribution in [0.1, 0.15) is 63.6 Å². The van der Waals surface area contributed by atoms with Gasteiger partial charge in [0.15, 0.2) is 0 Å². The van der Waals surface area contributed by atoms with Gasteiger partial charge in [-0.3, -0.25) is 14.8 Å². The molecule has 6 rings (SSSR count). The van der Waals surface area contributed by atoms with Gasteiger partial charge in [0.05, 0.1) is 52.9 Å². The number of benzene rings is 1. The van der Waals surface area contributed by atoms with Crippen molar-refractivity contribution in [2.24, 2.45) is 0 Å². The van der Waals surface area contributed by atoms with Crippen LogP contribution in [0, 0.1) is 6.92 Å². The Labute approximate surface area is 233 Å². The highest BCUT2D eigenvalue weighted by Gasteiger charge is 2.34. The summed E-state index contributed by atoms with van der Waals surface area (Å²) < 4.78 is 71.6. The fraction of sp³-hybridized carbons (Fsp3) is 0.310. The molecule has 8 nitrogen and oxygen atoms in total. The van der Waals surface area contributed by atoms with Crippen molar-refractivity contribution >= 4 is 26.6 Å². The summed E-state index contributed by atoms with van der Waals surface area (Å²) >= 11 is 0. The molecule has 0 radical (unpaired) electrons. The van der Waals surface area contributed by atoms with Gasteiger partial charge in [-0.2, -0.15) is 0 Å². The minimum Gasteiger partial charge on any atom is -0.373 e. The van der Waals surface area contributed by atoms with Crippen molar-refractivity contribution in [3.05, 3.63) is 82.3 Å². The predicted molar refractivity (Wildman–Crippen MR) is 144 cm³/mol. The number of halogens is 3. The lowest BCUT2D eigenvalue weighted by molar-refractivity contribution is 0.0946. The molecular weight excluding hydrogens is 557 g/mol. The summed E-state index contributed by atoms with van der Waals surface area (Å²) in [6.45, 7) is 1.03. The smallest absolute Gasteiger partial charge is 0.265 e. The molecule has 1 fully saturated rings. The van der Waals surface area contributed by atoms with Crippen molar-refractivity contribution in [1.29, 1.82) is 0 Å². The lowest BCUT2D eigenvalue weighted by atomic mass is 10.0. The molecule has 0 spiro atoms. The van der Waals surface area contributed by atoms with Crippen LogP contribution >= 0.6 is 0 Å². The molecule has 0 saturated heterocycles. The molecule has 0 bridgehead atoms. The Balaban J connectivity index is 1.24. The third-order valence-electron chi connectivity index (χ3n) is 7.31. The molecule has 1 N–H and O–H groups in total. The van der Waals surface area contributed by atoms with Gasteiger partial charge in [-0.25, -0.2) is 26.6 Å². The summed E-state index contributed by atoms with van der Waals surface area (Å²) in [5, 5.41) is 3.47. The van der Waals surface area contributed by atoms with Crippen LogP contribution in [0.4, 0.5) is 13.2 Å². The zero-order chi connectivity index (χ0) is 28.9. The number of ether oxygens (including phenoxy) is 1. The van der Waals surface area contributed by atoms with Gasteiger partial charge >= 0.3 is 0 Å². The average molecular weight is 583 g/mol. The fourth-order valence-electron chi connectivity index (χ4n) is 4.90. The third kappa shape index (κ3) is 5.29. The summed E-state index contributed by atoms with van der Waals surface area (Å²) in [5.74, 6) is -0.500. The van der Waals surface area contributed by atoms with E-state index in [1.165, 1.54) is 18.2 Å². The summed E-state index contributed by atoms with van der Waals surface area (Å²) in [7, 11) is -4.30. The Morgan fingerprint density at radius 3 is 2.61 bits per heavy atom. The highest BCUT2D eigenvalue weighted by molar-refractivity contribution is 7.92. The third-order valence-corrected chi connectivity index (χ3v) is 9.10. The molecule has 1 amide bonds. The molecule has 3 aromatic heterocycles. The van der Waals surface area contributed by atoms with Crippen molar-refractivity contribution < 1.29 is 31.1 Å². The van der Waals surface area contributed by atoms with Gasteiger partial charge in [-0.1, -0.05) is 0 Å². The molecule has 0 unspecified atom stereocenters. The van der Waals surface area contributed by atoms with Crippen molar-refractivity contribution in [3.63, 3.8) is 0 Å². The van der Waals surface area contributed by atoms with E-state index < -0.39 is 34.3 Å². The average Bonchev–Trinajstić information content (AvgIpc) is 3.81. The molecule has 1 atom stereocenters. The molecule has 1 aliphatic heterocycles. The Kier molecular flexibility index (Phi) is 6.98. The molecule has 4 aromatic rings. The van der Waals surface area contributed by atoms with Crippen molar-refractivity contribution in [3.8, 4) is 11.4 Å². The van der Waals surface area contributed by atoms with Gasteiger partial charge in [0.2, 0.25) is 15.3 Å². The Bertz CT molecular complexity index is 1790. The van der Waals surface area contributed by atoms with Crippen LogP contribution in [-0.4, -0.2) is 41.4 Å². The van der Waals surface area contributed by atoms with E-state index in [1.54, 1.807) is 31.3 Å². The minimum absolute atomic E-state index is 0.0194. The maximum atomic E-state index is 14.2. The lowest BCUT2D eigenvalue weighted by Gasteiger charge is -2.13. The van der Waals surface area contributed by atoms with E-state index in [2.05, 4.69) is 20.3 Å². The first-order chi connectivity index (χ1) is 19.6. The number of hydrogen-bond acceptors (Lipinski definition) is 7. The summed E-state index contributed by atoms with van der Waals surface area (Å²) in [6.07, 6.45) is 0.702. The number of carbonyl (C=O) groups excluding carboxylic acids is 1. The Hall–Kier alpha value is -3.90. The van der Waals surface area contributed by atoms with E-state index in [1.807, 2.05) is 6.07 Å². The number of alkyl halides is 3. The minimum atomic E-state index is -4.30. The first kappa shape index (κ1) is 27.3. The second-order valence-corrected chi connectivity index (χ2v) is 12.3. The number of rotatable bonds is 6. The number of fused-ring (bicyclic) bond motifs is 2. The van der Waals surface area contributed by atoms with Crippen LogP contribution in [0.3, 0.4) is 0 Å².